The molecule has 0 spiro atoms. The molecular formula is C47H28O2. The molecule has 0 saturated heterocycles. The monoisotopic (exact) mass is 624 g/mol. The smallest absolute Gasteiger partial charge is 0.135 e. The summed E-state index contributed by atoms with van der Waals surface area (Å²) in [6.07, 6.45) is 0. The third-order valence-corrected chi connectivity index (χ3v) is 10.5. The van der Waals surface area contributed by atoms with Crippen LogP contribution in [-0.2, 0) is 0 Å². The van der Waals surface area contributed by atoms with E-state index in [0.29, 0.717) is 0 Å². The van der Waals surface area contributed by atoms with E-state index in [-0.39, 0.29) is 0 Å². The van der Waals surface area contributed by atoms with E-state index in [4.69, 9.17) is 9.47 Å². The van der Waals surface area contributed by atoms with Crippen molar-refractivity contribution in [3.8, 4) is 67.5 Å². The van der Waals surface area contributed by atoms with Gasteiger partial charge in [-0.3, -0.25) is 0 Å². The molecule has 228 valence electrons. The molecule has 2 aliphatic rings. The van der Waals surface area contributed by atoms with Crippen LogP contribution in [-0.4, -0.2) is 0 Å². The molecule has 0 aromatic heterocycles. The average Bonchev–Trinajstić information content (AvgIpc) is 3.14. The van der Waals surface area contributed by atoms with Crippen LogP contribution >= 0.6 is 0 Å². The van der Waals surface area contributed by atoms with Gasteiger partial charge in [0.15, 0.2) is 0 Å². The molecule has 2 aliphatic heterocycles. The summed E-state index contributed by atoms with van der Waals surface area (Å²) in [5, 5.41) is 9.66. The molecule has 11 rings (SSSR count). The molecule has 2 heterocycles. The third-order valence-electron chi connectivity index (χ3n) is 10.5. The minimum absolute atomic E-state index is 0.904. The minimum Gasteiger partial charge on any atom is -0.456 e. The van der Waals surface area contributed by atoms with Gasteiger partial charge in [0.2, 0.25) is 0 Å². The van der Waals surface area contributed by atoms with Crippen LogP contribution in [0.1, 0.15) is 5.56 Å². The fourth-order valence-electron chi connectivity index (χ4n) is 8.47. The molecule has 0 bridgehead atoms. The number of aryl methyl sites for hydroxylation is 1. The standard InChI is InChI=1S/C47H28O2/c1-27-20-21-38-39(26-27)45(37-25-23-35-29-11-5-7-17-41(29)49-43-19-9-15-33(37)47(35)43)31-13-3-2-12-30(31)44(38)36-24-22-34-28-10-4-6-16-40(28)48-42-18-8-14-32(36)46(34)42/h2-26H,1H3. The number of rotatable bonds is 2. The fourth-order valence-corrected chi connectivity index (χ4v) is 8.47. The third kappa shape index (κ3) is 3.66. The zero-order chi connectivity index (χ0) is 32.2. The topological polar surface area (TPSA) is 18.5 Å². The van der Waals surface area contributed by atoms with Gasteiger partial charge >= 0.3 is 0 Å². The van der Waals surface area contributed by atoms with Gasteiger partial charge in [0.05, 0.1) is 0 Å². The second-order valence-electron chi connectivity index (χ2n) is 13.2. The van der Waals surface area contributed by atoms with Gasteiger partial charge in [-0.15, -0.1) is 0 Å². The largest absolute Gasteiger partial charge is 0.456 e. The zero-order valence-corrected chi connectivity index (χ0v) is 26.8. The maximum absolute atomic E-state index is 6.50. The summed E-state index contributed by atoms with van der Waals surface area (Å²) in [4.78, 5) is 0. The number of hydrogen-bond acceptors (Lipinski definition) is 2. The summed E-state index contributed by atoms with van der Waals surface area (Å²) in [5.74, 6) is 3.62. The van der Waals surface area contributed by atoms with Crippen molar-refractivity contribution in [2.24, 2.45) is 0 Å². The highest BCUT2D eigenvalue weighted by Gasteiger charge is 2.26. The first-order valence-corrected chi connectivity index (χ1v) is 16.8. The van der Waals surface area contributed by atoms with Crippen LogP contribution in [0.4, 0.5) is 0 Å². The number of para-hydroxylation sites is 2. The summed E-state index contributed by atoms with van der Waals surface area (Å²) in [7, 11) is 0. The van der Waals surface area contributed by atoms with Gasteiger partial charge in [0.25, 0.3) is 0 Å². The highest BCUT2D eigenvalue weighted by Crippen LogP contribution is 2.53. The first-order valence-electron chi connectivity index (χ1n) is 16.8. The molecule has 0 N–H and O–H groups in total. The Kier molecular flexibility index (Phi) is 5.34. The first-order chi connectivity index (χ1) is 24.2. The zero-order valence-electron chi connectivity index (χ0n) is 26.8. The van der Waals surface area contributed by atoms with Crippen molar-refractivity contribution >= 4 is 43.1 Å². The molecule has 9 aromatic rings. The summed E-state index contributed by atoms with van der Waals surface area (Å²) in [6, 6.07) is 54.7. The Morgan fingerprint density at radius 2 is 0.735 bits per heavy atom. The van der Waals surface area contributed by atoms with Crippen LogP contribution in [0.5, 0.6) is 23.0 Å². The van der Waals surface area contributed by atoms with Gasteiger partial charge in [-0.2, -0.15) is 0 Å². The van der Waals surface area contributed by atoms with Crippen molar-refractivity contribution < 1.29 is 9.47 Å². The lowest BCUT2D eigenvalue weighted by Crippen LogP contribution is -1.99. The first kappa shape index (κ1) is 26.7. The van der Waals surface area contributed by atoms with E-state index in [9.17, 15) is 0 Å². The quantitative estimate of drug-likeness (QED) is 0.178. The summed E-state index contributed by atoms with van der Waals surface area (Å²) >= 11 is 0. The molecule has 2 nitrogen and oxygen atoms in total. The van der Waals surface area contributed by atoms with Crippen LogP contribution in [0.15, 0.2) is 152 Å². The molecule has 0 aliphatic carbocycles. The van der Waals surface area contributed by atoms with Crippen LogP contribution in [0.2, 0.25) is 0 Å². The maximum Gasteiger partial charge on any atom is 0.135 e. The van der Waals surface area contributed by atoms with Crippen LogP contribution in [0.25, 0.3) is 87.6 Å². The lowest BCUT2D eigenvalue weighted by Gasteiger charge is -2.25. The van der Waals surface area contributed by atoms with E-state index in [1.54, 1.807) is 0 Å². The van der Waals surface area contributed by atoms with Crippen molar-refractivity contribution in [3.63, 3.8) is 0 Å². The van der Waals surface area contributed by atoms with E-state index < -0.39 is 0 Å². The van der Waals surface area contributed by atoms with E-state index >= 15 is 0 Å². The van der Waals surface area contributed by atoms with Crippen molar-refractivity contribution in [2.75, 3.05) is 0 Å². The van der Waals surface area contributed by atoms with E-state index in [1.165, 1.54) is 71.3 Å². The Morgan fingerprint density at radius 3 is 1.31 bits per heavy atom. The van der Waals surface area contributed by atoms with Gasteiger partial charge in [-0.1, -0.05) is 133 Å². The normalized spacial score (nSPS) is 12.5. The van der Waals surface area contributed by atoms with Crippen LogP contribution in [0.3, 0.4) is 0 Å². The Morgan fingerprint density at radius 1 is 0.306 bits per heavy atom. The molecule has 0 amide bonds. The van der Waals surface area contributed by atoms with Crippen LogP contribution in [0, 0.1) is 6.92 Å². The van der Waals surface area contributed by atoms with Crippen molar-refractivity contribution in [1.82, 2.24) is 0 Å². The Hall–Kier alpha value is -6.38. The van der Waals surface area contributed by atoms with E-state index in [1.807, 2.05) is 12.1 Å². The second kappa shape index (κ2) is 9.82. The lowest BCUT2D eigenvalue weighted by molar-refractivity contribution is 0.487. The molecule has 0 fully saturated rings. The highest BCUT2D eigenvalue weighted by molar-refractivity contribution is 6.27. The van der Waals surface area contributed by atoms with E-state index in [0.717, 1.165) is 44.9 Å². The Balaban J connectivity index is 1.25. The van der Waals surface area contributed by atoms with Gasteiger partial charge in [0, 0.05) is 21.9 Å². The van der Waals surface area contributed by atoms with Crippen molar-refractivity contribution in [1.29, 1.82) is 0 Å². The molecule has 49 heavy (non-hydrogen) atoms. The fraction of sp³-hybridized carbons (Fsp3) is 0.0213. The molecule has 0 radical (unpaired) electrons. The van der Waals surface area contributed by atoms with Gasteiger partial charge in [-0.05, 0) is 96.9 Å². The second-order valence-corrected chi connectivity index (χ2v) is 13.2. The average molecular weight is 625 g/mol. The minimum atomic E-state index is 0.904. The number of fused-ring (bicyclic) bond motifs is 6. The maximum atomic E-state index is 6.50. The summed E-state index contributed by atoms with van der Waals surface area (Å²) < 4.78 is 13.0. The predicted molar refractivity (Wildman–Crippen MR) is 203 cm³/mol. The van der Waals surface area contributed by atoms with Gasteiger partial charge in [-0.25, -0.2) is 0 Å². The van der Waals surface area contributed by atoms with Gasteiger partial charge < -0.3 is 9.47 Å². The molecule has 0 saturated carbocycles. The number of benzene rings is 9. The van der Waals surface area contributed by atoms with Gasteiger partial charge in [0.1, 0.15) is 23.0 Å². The molecule has 2 heteroatoms. The van der Waals surface area contributed by atoms with Crippen molar-refractivity contribution in [3.05, 3.63) is 157 Å². The summed E-state index contributed by atoms with van der Waals surface area (Å²) in [6.45, 7) is 2.19. The lowest BCUT2D eigenvalue weighted by atomic mass is 9.81. The molecule has 9 aromatic carbocycles. The van der Waals surface area contributed by atoms with Crippen molar-refractivity contribution in [2.45, 2.75) is 6.92 Å². The summed E-state index contributed by atoms with van der Waals surface area (Å²) in [5.41, 5.74) is 10.8. The molecule has 0 unspecified atom stereocenters. The molecular weight excluding hydrogens is 597 g/mol. The molecule has 0 atom stereocenters. The number of hydrogen-bond donors (Lipinski definition) is 0. The van der Waals surface area contributed by atoms with Crippen LogP contribution < -0.4 is 9.47 Å². The SMILES string of the molecule is Cc1ccc2c(-c3ccc4c5c(cccc35)Oc3ccccc3-4)c3ccccc3c(-c3ccc4c5c(cccc35)Oc3ccccc3-4)c2c1. The van der Waals surface area contributed by atoms with E-state index in [2.05, 4.69) is 146 Å². The Bertz CT molecular complexity index is 2900. The number of ether oxygens (including phenoxy) is 2. The predicted octanol–water partition coefficient (Wildman–Crippen LogP) is 13.5. The Labute approximate surface area is 283 Å². The highest BCUT2D eigenvalue weighted by atomic mass is 16.5.